The maximum atomic E-state index is 13.0. The predicted octanol–water partition coefficient (Wildman–Crippen LogP) is 3.03. The lowest BCUT2D eigenvalue weighted by Gasteiger charge is -2.41. The van der Waals surface area contributed by atoms with Crippen molar-refractivity contribution in [3.05, 3.63) is 52.8 Å². The SMILES string of the molecule is CCCc1[nH]ncc1C(=O)N1CCCC(N2CCc3ccccc3C2)C1. The van der Waals surface area contributed by atoms with E-state index < -0.39 is 0 Å². The summed E-state index contributed by atoms with van der Waals surface area (Å²) in [4.78, 5) is 17.6. The lowest BCUT2D eigenvalue weighted by Crippen LogP contribution is -2.51. The predicted molar refractivity (Wildman–Crippen MR) is 102 cm³/mol. The van der Waals surface area contributed by atoms with Crippen LogP contribution in [0.5, 0.6) is 0 Å². The van der Waals surface area contributed by atoms with E-state index in [1.165, 1.54) is 17.5 Å². The topological polar surface area (TPSA) is 52.2 Å². The van der Waals surface area contributed by atoms with Crippen molar-refractivity contribution in [3.8, 4) is 0 Å². The third-order valence-electron chi connectivity index (χ3n) is 5.81. The minimum Gasteiger partial charge on any atom is -0.337 e. The number of benzene rings is 1. The Hall–Kier alpha value is -2.14. The van der Waals surface area contributed by atoms with Crippen molar-refractivity contribution in [1.29, 1.82) is 0 Å². The molecule has 2 aliphatic rings. The van der Waals surface area contributed by atoms with Crippen molar-refractivity contribution in [2.75, 3.05) is 19.6 Å². The van der Waals surface area contributed by atoms with Gasteiger partial charge in [0.2, 0.25) is 0 Å². The number of aryl methyl sites for hydroxylation is 1. The smallest absolute Gasteiger partial charge is 0.257 e. The number of amides is 1. The fourth-order valence-corrected chi connectivity index (χ4v) is 4.37. The number of fused-ring (bicyclic) bond motifs is 1. The highest BCUT2D eigenvalue weighted by atomic mass is 16.2. The second-order valence-electron chi connectivity index (χ2n) is 7.55. The summed E-state index contributed by atoms with van der Waals surface area (Å²) in [5, 5.41) is 7.11. The van der Waals surface area contributed by atoms with Gasteiger partial charge in [-0.1, -0.05) is 37.6 Å². The third-order valence-corrected chi connectivity index (χ3v) is 5.81. The minimum absolute atomic E-state index is 0.143. The number of nitrogens with one attached hydrogen (secondary N) is 1. The van der Waals surface area contributed by atoms with Crippen LogP contribution in [0, 0.1) is 0 Å². The molecule has 4 rings (SSSR count). The summed E-state index contributed by atoms with van der Waals surface area (Å²) in [5.41, 5.74) is 4.67. The molecule has 2 aliphatic heterocycles. The molecule has 1 saturated heterocycles. The molecular formula is C21H28N4O. The van der Waals surface area contributed by atoms with Gasteiger partial charge in [-0.3, -0.25) is 14.8 Å². The van der Waals surface area contributed by atoms with Crippen LogP contribution in [0.25, 0.3) is 0 Å². The average molecular weight is 352 g/mol. The molecule has 0 spiro atoms. The summed E-state index contributed by atoms with van der Waals surface area (Å²) in [7, 11) is 0. The molecule has 0 saturated carbocycles. The molecule has 138 valence electrons. The summed E-state index contributed by atoms with van der Waals surface area (Å²) in [6.45, 7) is 5.92. The zero-order chi connectivity index (χ0) is 17.9. The maximum absolute atomic E-state index is 13.0. The average Bonchev–Trinajstić information content (AvgIpc) is 3.16. The second-order valence-corrected chi connectivity index (χ2v) is 7.55. The molecule has 0 aliphatic carbocycles. The highest BCUT2D eigenvalue weighted by molar-refractivity contribution is 5.95. The van der Waals surface area contributed by atoms with Gasteiger partial charge in [0.05, 0.1) is 11.8 Å². The van der Waals surface area contributed by atoms with Crippen molar-refractivity contribution in [2.24, 2.45) is 0 Å². The number of rotatable bonds is 4. The zero-order valence-electron chi connectivity index (χ0n) is 15.6. The number of aromatic nitrogens is 2. The lowest BCUT2D eigenvalue weighted by atomic mass is 9.95. The Bertz CT molecular complexity index is 769. The Balaban J connectivity index is 1.45. The Morgan fingerprint density at radius 2 is 2.12 bits per heavy atom. The fourth-order valence-electron chi connectivity index (χ4n) is 4.37. The largest absolute Gasteiger partial charge is 0.337 e. The fraction of sp³-hybridized carbons (Fsp3) is 0.524. The van der Waals surface area contributed by atoms with Gasteiger partial charge in [0.1, 0.15) is 0 Å². The first-order valence-electron chi connectivity index (χ1n) is 9.88. The molecule has 3 heterocycles. The molecule has 1 fully saturated rings. The third kappa shape index (κ3) is 3.40. The molecule has 1 N–H and O–H groups in total. The number of aromatic amines is 1. The van der Waals surface area contributed by atoms with E-state index in [0.29, 0.717) is 6.04 Å². The van der Waals surface area contributed by atoms with Crippen LogP contribution < -0.4 is 0 Å². The first kappa shape index (κ1) is 17.3. The first-order valence-corrected chi connectivity index (χ1v) is 9.88. The molecule has 1 unspecified atom stereocenters. The van der Waals surface area contributed by atoms with Crippen LogP contribution in [-0.2, 0) is 19.4 Å². The van der Waals surface area contributed by atoms with Gasteiger partial charge in [0.15, 0.2) is 0 Å². The number of carbonyl (C=O) groups is 1. The van der Waals surface area contributed by atoms with E-state index in [2.05, 4.69) is 46.3 Å². The van der Waals surface area contributed by atoms with Crippen molar-refractivity contribution >= 4 is 5.91 Å². The van der Waals surface area contributed by atoms with Crippen molar-refractivity contribution in [2.45, 2.75) is 51.6 Å². The first-order chi connectivity index (χ1) is 12.8. The van der Waals surface area contributed by atoms with E-state index in [-0.39, 0.29) is 5.91 Å². The van der Waals surface area contributed by atoms with Crippen LogP contribution >= 0.6 is 0 Å². The molecule has 1 amide bonds. The Kier molecular flexibility index (Phi) is 5.07. The number of carbonyl (C=O) groups excluding carboxylic acids is 1. The molecule has 5 heteroatoms. The molecule has 5 nitrogen and oxygen atoms in total. The zero-order valence-corrected chi connectivity index (χ0v) is 15.6. The standard InChI is InChI=1S/C21H28N4O/c1-2-6-20-19(13-22-23-20)21(26)25-11-5-9-18(15-25)24-12-10-16-7-3-4-8-17(16)14-24/h3-4,7-8,13,18H,2,5-6,9-12,14-15H2,1H3,(H,22,23). The summed E-state index contributed by atoms with van der Waals surface area (Å²) >= 11 is 0. The molecule has 0 bridgehead atoms. The highest BCUT2D eigenvalue weighted by Gasteiger charge is 2.31. The molecule has 26 heavy (non-hydrogen) atoms. The van der Waals surface area contributed by atoms with Crippen molar-refractivity contribution in [1.82, 2.24) is 20.0 Å². The van der Waals surface area contributed by atoms with Gasteiger partial charge in [0, 0.05) is 37.9 Å². The summed E-state index contributed by atoms with van der Waals surface area (Å²) in [5.74, 6) is 0.143. The van der Waals surface area contributed by atoms with E-state index in [1.54, 1.807) is 6.20 Å². The van der Waals surface area contributed by atoms with Gasteiger partial charge >= 0.3 is 0 Å². The lowest BCUT2D eigenvalue weighted by molar-refractivity contribution is 0.0548. The molecule has 1 aromatic carbocycles. The molecule has 2 aromatic rings. The minimum atomic E-state index is 0.143. The monoisotopic (exact) mass is 352 g/mol. The van der Waals surface area contributed by atoms with Gasteiger partial charge in [-0.15, -0.1) is 0 Å². The number of H-pyrrole nitrogens is 1. The van der Waals surface area contributed by atoms with Crippen molar-refractivity contribution in [3.63, 3.8) is 0 Å². The van der Waals surface area contributed by atoms with E-state index in [9.17, 15) is 4.79 Å². The molecule has 1 atom stereocenters. The van der Waals surface area contributed by atoms with Crippen LogP contribution in [0.1, 0.15) is 53.4 Å². The van der Waals surface area contributed by atoms with Gasteiger partial charge in [-0.25, -0.2) is 0 Å². The maximum Gasteiger partial charge on any atom is 0.257 e. The Morgan fingerprint density at radius 1 is 1.27 bits per heavy atom. The number of piperidine rings is 1. The summed E-state index contributed by atoms with van der Waals surface area (Å²) < 4.78 is 0. The van der Waals surface area contributed by atoms with E-state index in [4.69, 9.17) is 0 Å². The van der Waals surface area contributed by atoms with Gasteiger partial charge in [-0.2, -0.15) is 5.10 Å². The Morgan fingerprint density at radius 3 is 2.96 bits per heavy atom. The van der Waals surface area contributed by atoms with Crippen LogP contribution in [-0.4, -0.2) is 51.6 Å². The van der Waals surface area contributed by atoms with E-state index in [1.807, 2.05) is 4.90 Å². The van der Waals surface area contributed by atoms with Crippen molar-refractivity contribution < 1.29 is 4.79 Å². The number of nitrogens with zero attached hydrogens (tertiary/aromatic N) is 3. The van der Waals surface area contributed by atoms with E-state index >= 15 is 0 Å². The van der Waals surface area contributed by atoms with Gasteiger partial charge < -0.3 is 4.90 Å². The van der Waals surface area contributed by atoms with E-state index in [0.717, 1.165) is 63.1 Å². The number of hydrogen-bond acceptors (Lipinski definition) is 3. The van der Waals surface area contributed by atoms with Crippen LogP contribution in [0.15, 0.2) is 30.5 Å². The molecular weight excluding hydrogens is 324 g/mol. The quantitative estimate of drug-likeness (QED) is 0.920. The second kappa shape index (κ2) is 7.62. The van der Waals surface area contributed by atoms with Gasteiger partial charge in [-0.05, 0) is 36.8 Å². The highest BCUT2D eigenvalue weighted by Crippen LogP contribution is 2.25. The van der Waals surface area contributed by atoms with Crippen LogP contribution in [0.2, 0.25) is 0 Å². The van der Waals surface area contributed by atoms with Gasteiger partial charge in [0.25, 0.3) is 5.91 Å². The summed E-state index contributed by atoms with van der Waals surface area (Å²) in [6, 6.07) is 9.22. The Labute approximate surface area is 155 Å². The molecule has 0 radical (unpaired) electrons. The van der Waals surface area contributed by atoms with Crippen LogP contribution in [0.4, 0.5) is 0 Å². The molecule has 1 aromatic heterocycles. The number of hydrogen-bond donors (Lipinski definition) is 1. The normalized spacial score (nSPS) is 20.8. The summed E-state index contributed by atoms with van der Waals surface area (Å²) in [6.07, 6.45) is 6.96. The number of likely N-dealkylation sites (tertiary alicyclic amines) is 1. The van der Waals surface area contributed by atoms with Crippen LogP contribution in [0.3, 0.4) is 0 Å².